The number of nitrogens with one attached hydrogen (secondary N) is 1. The molecular formula is C17H28N2OS. The predicted octanol–water partition coefficient (Wildman–Crippen LogP) is 4.09. The van der Waals surface area contributed by atoms with Gasteiger partial charge < -0.3 is 4.90 Å². The van der Waals surface area contributed by atoms with Crippen LogP contribution < -0.4 is 5.32 Å². The summed E-state index contributed by atoms with van der Waals surface area (Å²) in [6.45, 7) is 11.6. The molecule has 1 aromatic heterocycles. The molecule has 0 bridgehead atoms. The third-order valence-corrected chi connectivity index (χ3v) is 5.47. The van der Waals surface area contributed by atoms with Gasteiger partial charge in [-0.2, -0.15) is 0 Å². The summed E-state index contributed by atoms with van der Waals surface area (Å²) in [6.07, 6.45) is 3.12. The van der Waals surface area contributed by atoms with Gasteiger partial charge in [0.1, 0.15) is 6.17 Å². The van der Waals surface area contributed by atoms with Gasteiger partial charge in [0.2, 0.25) is 5.91 Å². The quantitative estimate of drug-likeness (QED) is 0.858. The normalized spacial score (nSPS) is 26.1. The Morgan fingerprint density at radius 3 is 2.67 bits per heavy atom. The summed E-state index contributed by atoms with van der Waals surface area (Å²) in [5.41, 5.74) is -0.416. The number of hydrogen-bond acceptors (Lipinski definition) is 3. The van der Waals surface area contributed by atoms with Gasteiger partial charge in [0.25, 0.3) is 0 Å². The summed E-state index contributed by atoms with van der Waals surface area (Å²) in [6, 6.07) is 4.29. The molecule has 1 aromatic rings. The van der Waals surface area contributed by atoms with Gasteiger partial charge in [-0.1, -0.05) is 20.8 Å². The Morgan fingerprint density at radius 1 is 1.43 bits per heavy atom. The van der Waals surface area contributed by atoms with Gasteiger partial charge in [-0.3, -0.25) is 10.1 Å². The minimum Gasteiger partial charge on any atom is -0.320 e. The topological polar surface area (TPSA) is 32.3 Å². The number of hydrogen-bond donors (Lipinski definition) is 1. The average Bonchev–Trinajstić information content (AvgIpc) is 2.95. The fourth-order valence-electron chi connectivity index (χ4n) is 2.85. The fraction of sp³-hybridized carbons (Fsp3) is 0.706. The number of carbonyl (C=O) groups is 1. The van der Waals surface area contributed by atoms with E-state index in [4.69, 9.17) is 0 Å². The molecule has 1 N–H and O–H groups in total. The molecule has 4 heteroatoms. The third kappa shape index (κ3) is 3.49. The zero-order valence-corrected chi connectivity index (χ0v) is 14.7. The SMILES string of the molecule is CCC1(C)NC(c2ccc(C)s2)N(CCCC(C)C)C1=O. The fourth-order valence-corrected chi connectivity index (χ4v) is 3.80. The first-order valence-corrected chi connectivity index (χ1v) is 8.84. The molecule has 1 aliphatic rings. The first-order chi connectivity index (χ1) is 9.87. The zero-order chi connectivity index (χ0) is 15.6. The molecule has 0 spiro atoms. The zero-order valence-electron chi connectivity index (χ0n) is 13.9. The van der Waals surface area contributed by atoms with Gasteiger partial charge in [0.15, 0.2) is 0 Å². The van der Waals surface area contributed by atoms with Crippen LogP contribution in [-0.4, -0.2) is 22.9 Å². The Balaban J connectivity index is 2.17. The van der Waals surface area contributed by atoms with Crippen LogP contribution in [0.1, 0.15) is 62.9 Å². The van der Waals surface area contributed by atoms with Crippen molar-refractivity contribution < 1.29 is 4.79 Å². The molecule has 1 saturated heterocycles. The molecule has 21 heavy (non-hydrogen) atoms. The largest absolute Gasteiger partial charge is 0.320 e. The highest BCUT2D eigenvalue weighted by atomic mass is 32.1. The monoisotopic (exact) mass is 308 g/mol. The number of thiophene rings is 1. The molecule has 2 heterocycles. The molecule has 0 saturated carbocycles. The van der Waals surface area contributed by atoms with Crippen molar-refractivity contribution in [3.63, 3.8) is 0 Å². The van der Waals surface area contributed by atoms with Crippen molar-refractivity contribution in [1.29, 1.82) is 0 Å². The van der Waals surface area contributed by atoms with Gasteiger partial charge in [0, 0.05) is 16.3 Å². The third-order valence-electron chi connectivity index (χ3n) is 4.42. The minimum atomic E-state index is -0.416. The molecule has 1 fully saturated rings. The Kier molecular flexibility index (Phi) is 5.10. The molecule has 0 radical (unpaired) electrons. The number of carbonyl (C=O) groups excluding carboxylic acids is 1. The van der Waals surface area contributed by atoms with E-state index in [9.17, 15) is 4.79 Å². The molecule has 2 rings (SSSR count). The summed E-state index contributed by atoms with van der Waals surface area (Å²) in [5, 5.41) is 3.57. The van der Waals surface area contributed by atoms with Gasteiger partial charge in [-0.05, 0) is 51.2 Å². The van der Waals surface area contributed by atoms with E-state index in [1.165, 1.54) is 16.2 Å². The van der Waals surface area contributed by atoms with E-state index in [0.717, 1.165) is 19.4 Å². The molecule has 2 atom stereocenters. The molecule has 3 nitrogen and oxygen atoms in total. The molecular weight excluding hydrogens is 280 g/mol. The lowest BCUT2D eigenvalue weighted by Gasteiger charge is -2.23. The Morgan fingerprint density at radius 2 is 2.14 bits per heavy atom. The summed E-state index contributed by atoms with van der Waals surface area (Å²) < 4.78 is 0. The summed E-state index contributed by atoms with van der Waals surface area (Å²) >= 11 is 1.79. The number of aryl methyl sites for hydroxylation is 1. The lowest BCUT2D eigenvalue weighted by Crippen LogP contribution is -2.43. The van der Waals surface area contributed by atoms with Crippen LogP contribution in [-0.2, 0) is 4.79 Å². The van der Waals surface area contributed by atoms with E-state index in [2.05, 4.69) is 50.0 Å². The van der Waals surface area contributed by atoms with Crippen molar-refractivity contribution in [2.75, 3.05) is 6.54 Å². The first-order valence-electron chi connectivity index (χ1n) is 8.02. The minimum absolute atomic E-state index is 0.0494. The number of rotatable bonds is 6. The summed E-state index contributed by atoms with van der Waals surface area (Å²) in [5.74, 6) is 0.945. The Hall–Kier alpha value is -0.870. The van der Waals surface area contributed by atoms with E-state index < -0.39 is 5.54 Å². The lowest BCUT2D eigenvalue weighted by molar-refractivity contribution is -0.133. The van der Waals surface area contributed by atoms with Crippen LogP contribution in [0.25, 0.3) is 0 Å². The van der Waals surface area contributed by atoms with E-state index in [-0.39, 0.29) is 12.1 Å². The van der Waals surface area contributed by atoms with Crippen LogP contribution in [0.15, 0.2) is 12.1 Å². The number of amides is 1. The van der Waals surface area contributed by atoms with Crippen molar-refractivity contribution in [2.45, 2.75) is 65.6 Å². The van der Waals surface area contributed by atoms with Crippen molar-refractivity contribution in [2.24, 2.45) is 5.92 Å². The maximum Gasteiger partial charge on any atom is 0.244 e. The van der Waals surface area contributed by atoms with Crippen molar-refractivity contribution >= 4 is 17.2 Å². The highest BCUT2D eigenvalue weighted by Gasteiger charge is 2.47. The van der Waals surface area contributed by atoms with Crippen LogP contribution >= 0.6 is 11.3 Å². The van der Waals surface area contributed by atoms with Crippen molar-refractivity contribution in [1.82, 2.24) is 10.2 Å². The standard InChI is InChI=1S/C17H28N2OS/c1-6-17(5)16(20)19(11-7-8-12(2)3)15(18-17)14-10-9-13(4)21-14/h9-10,12,15,18H,6-8,11H2,1-5H3. The Labute approximate surface area is 132 Å². The van der Waals surface area contributed by atoms with Gasteiger partial charge >= 0.3 is 0 Å². The van der Waals surface area contributed by atoms with E-state index in [1.807, 2.05) is 6.92 Å². The molecule has 0 aliphatic carbocycles. The van der Waals surface area contributed by atoms with Crippen LogP contribution in [0.4, 0.5) is 0 Å². The lowest BCUT2D eigenvalue weighted by atomic mass is 9.99. The maximum atomic E-state index is 12.8. The van der Waals surface area contributed by atoms with Crippen LogP contribution in [0.5, 0.6) is 0 Å². The van der Waals surface area contributed by atoms with E-state index in [0.29, 0.717) is 5.92 Å². The highest BCUT2D eigenvalue weighted by molar-refractivity contribution is 7.12. The van der Waals surface area contributed by atoms with E-state index in [1.54, 1.807) is 11.3 Å². The first kappa shape index (κ1) is 16.5. The molecule has 0 aromatic carbocycles. The Bertz CT molecular complexity index is 497. The van der Waals surface area contributed by atoms with Gasteiger partial charge in [0.05, 0.1) is 5.54 Å². The molecule has 118 valence electrons. The second-order valence-electron chi connectivity index (χ2n) is 6.72. The van der Waals surface area contributed by atoms with Crippen LogP contribution in [0, 0.1) is 12.8 Å². The summed E-state index contributed by atoms with van der Waals surface area (Å²) in [7, 11) is 0. The van der Waals surface area contributed by atoms with Gasteiger partial charge in [-0.25, -0.2) is 0 Å². The van der Waals surface area contributed by atoms with Crippen molar-refractivity contribution in [3.8, 4) is 0 Å². The van der Waals surface area contributed by atoms with Crippen molar-refractivity contribution in [3.05, 3.63) is 21.9 Å². The van der Waals surface area contributed by atoms with Gasteiger partial charge in [-0.15, -0.1) is 11.3 Å². The van der Waals surface area contributed by atoms with Crippen LogP contribution in [0.3, 0.4) is 0 Å². The molecule has 1 amide bonds. The predicted molar refractivity (Wildman–Crippen MR) is 89.4 cm³/mol. The average molecular weight is 308 g/mol. The number of nitrogens with zero attached hydrogens (tertiary/aromatic N) is 1. The summed E-state index contributed by atoms with van der Waals surface area (Å²) in [4.78, 5) is 17.4. The smallest absolute Gasteiger partial charge is 0.244 e. The maximum absolute atomic E-state index is 12.8. The highest BCUT2D eigenvalue weighted by Crippen LogP contribution is 2.35. The second kappa shape index (κ2) is 6.49. The molecule has 2 unspecified atom stereocenters. The van der Waals surface area contributed by atoms with Crippen LogP contribution in [0.2, 0.25) is 0 Å². The second-order valence-corrected chi connectivity index (χ2v) is 8.04. The molecule has 1 aliphatic heterocycles. The van der Waals surface area contributed by atoms with E-state index >= 15 is 0 Å².